The molecule has 1 aromatic carbocycles. The molecule has 1 aliphatic carbocycles. The second-order valence-electron chi connectivity index (χ2n) is 13.6. The normalized spacial score (nSPS) is 17.0. The Bertz CT molecular complexity index is 1150. The largest absolute Gasteiger partial charge is 0.469 e. The molecule has 4 rings (SSSR count). The number of hydrogen-bond donors (Lipinski definition) is 1. The molecule has 2 aliphatic rings. The third-order valence-corrected chi connectivity index (χ3v) is 9.93. The molecule has 1 aliphatic heterocycles. The van der Waals surface area contributed by atoms with E-state index in [9.17, 15) is 4.79 Å². The van der Waals surface area contributed by atoms with E-state index < -0.39 is 8.07 Å². The summed E-state index contributed by atoms with van der Waals surface area (Å²) in [7, 11) is 0.293. The predicted molar refractivity (Wildman–Crippen MR) is 172 cm³/mol. The first-order valence-electron chi connectivity index (χ1n) is 15.9. The molecule has 1 atom stereocenters. The number of esters is 1. The standard InChI is InChI=1S/C32H53N5O4Si/c1-8-24(20-30(38)39-4)26-11-12-29(36(21-23(2)3)27-13-15-40-16-14-27)28(19-26)33-32-34-31(25-9-10-25)37(35-32)22-41-17-18-42(5,6)7/h11-12,19,23-25,27H,8-10,13-18,20-22H2,1-7H3,(H,33,35)/t24-/m1/s1. The number of carbonyl (C=O) groups excluding carboxylic acids is 1. The van der Waals surface area contributed by atoms with Crippen LogP contribution < -0.4 is 10.2 Å². The van der Waals surface area contributed by atoms with Crippen molar-refractivity contribution in [3.05, 3.63) is 29.6 Å². The number of nitrogens with zero attached hydrogens (tertiary/aromatic N) is 4. The van der Waals surface area contributed by atoms with E-state index in [1.807, 2.05) is 4.68 Å². The Labute approximate surface area is 253 Å². The van der Waals surface area contributed by atoms with Crippen molar-refractivity contribution < 1.29 is 19.0 Å². The van der Waals surface area contributed by atoms with E-state index >= 15 is 0 Å². The number of nitrogens with one attached hydrogen (secondary N) is 1. The van der Waals surface area contributed by atoms with Crippen LogP contribution in [0.5, 0.6) is 0 Å². The lowest BCUT2D eigenvalue weighted by atomic mass is 9.92. The highest BCUT2D eigenvalue weighted by Gasteiger charge is 2.31. The third-order valence-electron chi connectivity index (χ3n) is 8.23. The van der Waals surface area contributed by atoms with E-state index in [-0.39, 0.29) is 11.9 Å². The highest BCUT2D eigenvalue weighted by Crippen LogP contribution is 2.41. The number of methoxy groups -OCH3 is 1. The minimum atomic E-state index is -1.16. The molecule has 1 N–H and O–H groups in total. The summed E-state index contributed by atoms with van der Waals surface area (Å²) in [4.78, 5) is 19.7. The van der Waals surface area contributed by atoms with E-state index in [0.29, 0.717) is 37.0 Å². The maximum Gasteiger partial charge on any atom is 0.306 e. The van der Waals surface area contributed by atoms with Crippen molar-refractivity contribution in [2.75, 3.05) is 43.7 Å². The second kappa shape index (κ2) is 14.8. The highest BCUT2D eigenvalue weighted by atomic mass is 28.3. The van der Waals surface area contributed by atoms with Crippen LogP contribution in [0.1, 0.15) is 82.5 Å². The van der Waals surface area contributed by atoms with Gasteiger partial charge >= 0.3 is 5.97 Å². The van der Waals surface area contributed by atoms with Crippen LogP contribution >= 0.6 is 0 Å². The van der Waals surface area contributed by atoms with E-state index in [4.69, 9.17) is 24.3 Å². The lowest BCUT2D eigenvalue weighted by Gasteiger charge is -2.38. The van der Waals surface area contributed by atoms with Crippen LogP contribution in [0.4, 0.5) is 17.3 Å². The van der Waals surface area contributed by atoms with Crippen molar-refractivity contribution in [1.29, 1.82) is 0 Å². The first-order valence-corrected chi connectivity index (χ1v) is 19.6. The Hall–Kier alpha value is -2.43. The molecule has 234 valence electrons. The molecule has 2 heterocycles. The summed E-state index contributed by atoms with van der Waals surface area (Å²) in [6.07, 6.45) is 5.49. The Morgan fingerprint density at radius 2 is 1.93 bits per heavy atom. The van der Waals surface area contributed by atoms with Gasteiger partial charge in [0.25, 0.3) is 0 Å². The van der Waals surface area contributed by atoms with Gasteiger partial charge < -0.3 is 24.4 Å². The van der Waals surface area contributed by atoms with Gasteiger partial charge in [0.1, 0.15) is 12.6 Å². The Morgan fingerprint density at radius 1 is 1.19 bits per heavy atom. The molecule has 0 amide bonds. The van der Waals surface area contributed by atoms with Crippen LogP contribution in [0.25, 0.3) is 0 Å². The molecule has 1 saturated heterocycles. The SMILES string of the molecule is CC[C@H](CC(=O)OC)c1ccc(N(CC(C)C)C2CCOCC2)c(Nc2nc(C3CC3)n(COCC[Si](C)(C)C)n2)c1. The van der Waals surface area contributed by atoms with Crippen molar-refractivity contribution in [3.63, 3.8) is 0 Å². The first-order chi connectivity index (χ1) is 20.1. The van der Waals surface area contributed by atoms with Crippen LogP contribution in [-0.2, 0) is 25.7 Å². The summed E-state index contributed by atoms with van der Waals surface area (Å²) < 4.78 is 18.8. The van der Waals surface area contributed by atoms with Crippen LogP contribution in [0.3, 0.4) is 0 Å². The quantitative estimate of drug-likeness (QED) is 0.126. The van der Waals surface area contributed by atoms with Crippen molar-refractivity contribution in [2.45, 2.75) is 110 Å². The molecule has 2 aromatic rings. The summed E-state index contributed by atoms with van der Waals surface area (Å²) in [5, 5.41) is 8.53. The molecule has 0 radical (unpaired) electrons. The Balaban J connectivity index is 1.66. The average molecular weight is 600 g/mol. The summed E-state index contributed by atoms with van der Waals surface area (Å²) >= 11 is 0. The van der Waals surface area contributed by atoms with E-state index in [0.717, 1.165) is 87.3 Å². The summed E-state index contributed by atoms with van der Waals surface area (Å²) in [6.45, 7) is 17.4. The molecule has 0 bridgehead atoms. The Kier molecular flexibility index (Phi) is 11.5. The topological polar surface area (TPSA) is 90.7 Å². The lowest BCUT2D eigenvalue weighted by molar-refractivity contribution is -0.141. The Morgan fingerprint density at radius 3 is 2.55 bits per heavy atom. The molecule has 2 fully saturated rings. The maximum atomic E-state index is 12.2. The predicted octanol–water partition coefficient (Wildman–Crippen LogP) is 6.91. The number of ether oxygens (including phenoxy) is 3. The number of anilines is 3. The lowest BCUT2D eigenvalue weighted by Crippen LogP contribution is -2.42. The van der Waals surface area contributed by atoms with Gasteiger partial charge in [-0.05, 0) is 67.7 Å². The number of hydrogen-bond acceptors (Lipinski definition) is 8. The zero-order valence-electron chi connectivity index (χ0n) is 26.9. The van der Waals surface area contributed by atoms with Gasteiger partial charge in [0.2, 0.25) is 5.95 Å². The smallest absolute Gasteiger partial charge is 0.306 e. The molecule has 42 heavy (non-hydrogen) atoms. The fourth-order valence-electron chi connectivity index (χ4n) is 5.57. The van der Waals surface area contributed by atoms with Gasteiger partial charge in [0.15, 0.2) is 0 Å². The zero-order chi connectivity index (χ0) is 30.3. The van der Waals surface area contributed by atoms with Gasteiger partial charge in [0.05, 0.1) is 24.9 Å². The van der Waals surface area contributed by atoms with Gasteiger partial charge in [-0.1, -0.05) is 46.5 Å². The molecule has 1 saturated carbocycles. The summed E-state index contributed by atoms with van der Waals surface area (Å²) in [5.74, 6) is 2.43. The number of aromatic nitrogens is 3. The van der Waals surface area contributed by atoms with Crippen molar-refractivity contribution in [1.82, 2.24) is 14.8 Å². The van der Waals surface area contributed by atoms with Crippen LogP contribution in [0.2, 0.25) is 25.7 Å². The molecule has 9 nitrogen and oxygen atoms in total. The average Bonchev–Trinajstić information content (AvgIpc) is 3.73. The molecule has 10 heteroatoms. The van der Waals surface area contributed by atoms with Crippen molar-refractivity contribution in [2.24, 2.45) is 5.92 Å². The summed E-state index contributed by atoms with van der Waals surface area (Å²) in [6, 6.07) is 8.12. The van der Waals surface area contributed by atoms with Crippen LogP contribution in [-0.4, -0.2) is 68.3 Å². The van der Waals surface area contributed by atoms with Crippen LogP contribution in [0, 0.1) is 5.92 Å². The van der Waals surface area contributed by atoms with Gasteiger partial charge in [0, 0.05) is 46.4 Å². The molecular weight excluding hydrogens is 546 g/mol. The highest BCUT2D eigenvalue weighted by molar-refractivity contribution is 6.76. The number of rotatable bonds is 16. The zero-order valence-corrected chi connectivity index (χ0v) is 27.9. The van der Waals surface area contributed by atoms with Gasteiger partial charge in [-0.3, -0.25) is 4.79 Å². The third kappa shape index (κ3) is 9.28. The molecule has 1 aromatic heterocycles. The fourth-order valence-corrected chi connectivity index (χ4v) is 6.33. The van der Waals surface area contributed by atoms with Crippen LogP contribution in [0.15, 0.2) is 18.2 Å². The number of carbonyl (C=O) groups is 1. The summed E-state index contributed by atoms with van der Waals surface area (Å²) in [5.41, 5.74) is 3.23. The van der Waals surface area contributed by atoms with Crippen molar-refractivity contribution >= 4 is 31.4 Å². The van der Waals surface area contributed by atoms with E-state index in [1.165, 1.54) is 7.11 Å². The van der Waals surface area contributed by atoms with E-state index in [2.05, 4.69) is 68.8 Å². The fraction of sp³-hybridized carbons (Fsp3) is 0.719. The van der Waals surface area contributed by atoms with Crippen molar-refractivity contribution in [3.8, 4) is 0 Å². The first kappa shape index (κ1) is 32.5. The maximum absolute atomic E-state index is 12.2. The molecular formula is C32H53N5O4Si. The monoisotopic (exact) mass is 599 g/mol. The molecule has 0 unspecified atom stereocenters. The molecule has 0 spiro atoms. The minimum Gasteiger partial charge on any atom is -0.469 e. The van der Waals surface area contributed by atoms with Gasteiger partial charge in [-0.2, -0.15) is 4.98 Å². The van der Waals surface area contributed by atoms with Gasteiger partial charge in [-0.25, -0.2) is 4.68 Å². The number of benzene rings is 1. The van der Waals surface area contributed by atoms with Gasteiger partial charge in [-0.15, -0.1) is 5.10 Å². The second-order valence-corrected chi connectivity index (χ2v) is 19.2. The van der Waals surface area contributed by atoms with E-state index in [1.54, 1.807) is 0 Å². The minimum absolute atomic E-state index is 0.0704.